The van der Waals surface area contributed by atoms with Gasteiger partial charge in [0, 0.05) is 0 Å². The molecule has 13 heavy (non-hydrogen) atoms. The summed E-state index contributed by atoms with van der Waals surface area (Å²) in [4.78, 5) is 10.6. The van der Waals surface area contributed by atoms with E-state index >= 15 is 0 Å². The van der Waals surface area contributed by atoms with Crippen molar-refractivity contribution < 1.29 is 9.90 Å². The molecule has 0 saturated heterocycles. The maximum Gasteiger partial charge on any atom is 0.325 e. The van der Waals surface area contributed by atoms with Crippen molar-refractivity contribution in [1.82, 2.24) is 0 Å². The highest BCUT2D eigenvalue weighted by molar-refractivity contribution is 5.75. The average molecular weight is 179 g/mol. The van der Waals surface area contributed by atoms with Gasteiger partial charge < -0.3 is 10.8 Å². The molecule has 0 aliphatic carbocycles. The number of aryl methyl sites for hydroxylation is 2. The molecular weight excluding hydrogens is 166 g/mol. The summed E-state index contributed by atoms with van der Waals surface area (Å²) in [5, 5.41) is 8.69. The van der Waals surface area contributed by atoms with Gasteiger partial charge in [-0.15, -0.1) is 0 Å². The van der Waals surface area contributed by atoms with Crippen molar-refractivity contribution in [2.24, 2.45) is 5.73 Å². The smallest absolute Gasteiger partial charge is 0.325 e. The standard InChI is InChI=1S/C10H13NO2/c1-6-3-7(2)5-8(4-6)9(11)10(12)13/h3-5,9H,11H2,1-2H3,(H,12,13). The molecule has 0 spiro atoms. The van der Waals surface area contributed by atoms with Crippen LogP contribution < -0.4 is 5.73 Å². The van der Waals surface area contributed by atoms with Crippen molar-refractivity contribution in [1.29, 1.82) is 0 Å². The first-order chi connectivity index (χ1) is 6.00. The Kier molecular flexibility index (Phi) is 2.68. The lowest BCUT2D eigenvalue weighted by Gasteiger charge is -2.08. The molecule has 1 rings (SSSR count). The molecule has 1 unspecified atom stereocenters. The molecule has 1 aromatic carbocycles. The number of hydrogen-bond donors (Lipinski definition) is 2. The van der Waals surface area contributed by atoms with E-state index in [2.05, 4.69) is 0 Å². The van der Waals surface area contributed by atoms with Crippen LogP contribution in [0.1, 0.15) is 22.7 Å². The first-order valence-corrected chi connectivity index (χ1v) is 4.07. The number of carboxylic acids is 1. The van der Waals surface area contributed by atoms with Gasteiger partial charge in [-0.3, -0.25) is 4.79 Å². The van der Waals surface area contributed by atoms with E-state index in [0.717, 1.165) is 11.1 Å². The van der Waals surface area contributed by atoms with E-state index in [-0.39, 0.29) is 0 Å². The normalized spacial score (nSPS) is 12.5. The quantitative estimate of drug-likeness (QED) is 0.721. The molecule has 0 saturated carbocycles. The fourth-order valence-corrected chi connectivity index (χ4v) is 1.33. The maximum atomic E-state index is 10.6. The van der Waals surface area contributed by atoms with E-state index in [4.69, 9.17) is 10.8 Å². The Morgan fingerprint density at radius 3 is 2.15 bits per heavy atom. The second-order valence-corrected chi connectivity index (χ2v) is 3.24. The fraction of sp³-hybridized carbons (Fsp3) is 0.300. The molecule has 3 heteroatoms. The molecule has 0 aliphatic heterocycles. The van der Waals surface area contributed by atoms with E-state index in [1.165, 1.54) is 0 Å². The summed E-state index contributed by atoms with van der Waals surface area (Å²) in [5.41, 5.74) is 8.20. The summed E-state index contributed by atoms with van der Waals surface area (Å²) in [6.07, 6.45) is 0. The minimum absolute atomic E-state index is 0.657. The number of aliphatic carboxylic acids is 1. The van der Waals surface area contributed by atoms with E-state index in [1.54, 1.807) is 12.1 Å². The third kappa shape index (κ3) is 2.29. The molecule has 0 aromatic heterocycles. The molecular formula is C10H13NO2. The topological polar surface area (TPSA) is 63.3 Å². The largest absolute Gasteiger partial charge is 0.480 e. The molecule has 1 aromatic rings. The summed E-state index contributed by atoms with van der Waals surface area (Å²) >= 11 is 0. The zero-order chi connectivity index (χ0) is 10.0. The molecule has 3 nitrogen and oxygen atoms in total. The van der Waals surface area contributed by atoms with Crippen LogP contribution >= 0.6 is 0 Å². The van der Waals surface area contributed by atoms with E-state index in [1.807, 2.05) is 19.9 Å². The van der Waals surface area contributed by atoms with Gasteiger partial charge in [-0.2, -0.15) is 0 Å². The van der Waals surface area contributed by atoms with E-state index in [9.17, 15) is 4.79 Å². The number of carbonyl (C=O) groups is 1. The van der Waals surface area contributed by atoms with Gasteiger partial charge in [-0.1, -0.05) is 29.3 Å². The van der Waals surface area contributed by atoms with Crippen LogP contribution in [-0.4, -0.2) is 11.1 Å². The van der Waals surface area contributed by atoms with Crippen LogP contribution in [0.5, 0.6) is 0 Å². The number of benzene rings is 1. The number of carboxylic acid groups (broad SMARTS) is 1. The summed E-state index contributed by atoms with van der Waals surface area (Å²) in [6.45, 7) is 3.84. The van der Waals surface area contributed by atoms with Crippen LogP contribution in [0.4, 0.5) is 0 Å². The average Bonchev–Trinajstić information content (AvgIpc) is 2.01. The summed E-state index contributed by atoms with van der Waals surface area (Å²) in [6, 6.07) is 4.66. The predicted molar refractivity (Wildman–Crippen MR) is 50.5 cm³/mol. The third-order valence-electron chi connectivity index (χ3n) is 1.87. The Bertz CT molecular complexity index is 313. The Morgan fingerprint density at radius 2 is 1.77 bits per heavy atom. The van der Waals surface area contributed by atoms with Crippen LogP contribution in [0.2, 0.25) is 0 Å². The lowest BCUT2D eigenvalue weighted by Crippen LogP contribution is -2.20. The van der Waals surface area contributed by atoms with E-state index < -0.39 is 12.0 Å². The molecule has 0 amide bonds. The second kappa shape index (κ2) is 3.58. The first-order valence-electron chi connectivity index (χ1n) is 4.07. The molecule has 0 radical (unpaired) electrons. The van der Waals surface area contributed by atoms with Crippen molar-refractivity contribution in [3.05, 3.63) is 34.9 Å². The molecule has 1 atom stereocenters. The lowest BCUT2D eigenvalue weighted by atomic mass is 10.0. The highest BCUT2D eigenvalue weighted by Gasteiger charge is 2.14. The van der Waals surface area contributed by atoms with Gasteiger partial charge in [0.2, 0.25) is 0 Å². The van der Waals surface area contributed by atoms with Crippen LogP contribution in [-0.2, 0) is 4.79 Å². The molecule has 0 aliphatic rings. The van der Waals surface area contributed by atoms with Gasteiger partial charge in [-0.05, 0) is 19.4 Å². The Balaban J connectivity index is 3.07. The summed E-state index contributed by atoms with van der Waals surface area (Å²) in [5.74, 6) is -0.995. The lowest BCUT2D eigenvalue weighted by molar-refractivity contribution is -0.138. The molecule has 0 fully saturated rings. The highest BCUT2D eigenvalue weighted by atomic mass is 16.4. The molecule has 0 heterocycles. The maximum absolute atomic E-state index is 10.6. The highest BCUT2D eigenvalue weighted by Crippen LogP contribution is 2.14. The zero-order valence-corrected chi connectivity index (χ0v) is 7.74. The Hall–Kier alpha value is -1.35. The van der Waals surface area contributed by atoms with Gasteiger partial charge >= 0.3 is 5.97 Å². The molecule has 70 valence electrons. The fourth-order valence-electron chi connectivity index (χ4n) is 1.33. The third-order valence-corrected chi connectivity index (χ3v) is 1.87. The van der Waals surface area contributed by atoms with Gasteiger partial charge in [0.1, 0.15) is 6.04 Å². The van der Waals surface area contributed by atoms with Crippen LogP contribution in [0.3, 0.4) is 0 Å². The SMILES string of the molecule is Cc1cc(C)cc(C(N)C(=O)O)c1. The van der Waals surface area contributed by atoms with Crippen molar-refractivity contribution in [2.45, 2.75) is 19.9 Å². The van der Waals surface area contributed by atoms with Crippen LogP contribution in [0, 0.1) is 13.8 Å². The van der Waals surface area contributed by atoms with Crippen molar-refractivity contribution in [3.8, 4) is 0 Å². The second-order valence-electron chi connectivity index (χ2n) is 3.24. The summed E-state index contributed by atoms with van der Waals surface area (Å²) in [7, 11) is 0. The predicted octanol–water partition coefficient (Wildman–Crippen LogP) is 1.39. The van der Waals surface area contributed by atoms with Crippen LogP contribution in [0.15, 0.2) is 18.2 Å². The van der Waals surface area contributed by atoms with Crippen molar-refractivity contribution >= 4 is 5.97 Å². The van der Waals surface area contributed by atoms with Gasteiger partial charge in [-0.25, -0.2) is 0 Å². The molecule has 0 bridgehead atoms. The zero-order valence-electron chi connectivity index (χ0n) is 7.74. The molecule has 3 N–H and O–H groups in total. The van der Waals surface area contributed by atoms with E-state index in [0.29, 0.717) is 5.56 Å². The first kappa shape index (κ1) is 9.74. The Labute approximate surface area is 77.2 Å². The van der Waals surface area contributed by atoms with Crippen molar-refractivity contribution in [2.75, 3.05) is 0 Å². The van der Waals surface area contributed by atoms with Gasteiger partial charge in [0.05, 0.1) is 0 Å². The minimum atomic E-state index is -0.995. The Morgan fingerprint density at radius 1 is 1.31 bits per heavy atom. The monoisotopic (exact) mass is 179 g/mol. The summed E-state index contributed by atoms with van der Waals surface area (Å²) < 4.78 is 0. The number of nitrogens with two attached hydrogens (primary N) is 1. The van der Waals surface area contributed by atoms with Gasteiger partial charge in [0.25, 0.3) is 0 Å². The van der Waals surface area contributed by atoms with Crippen LogP contribution in [0.25, 0.3) is 0 Å². The van der Waals surface area contributed by atoms with Crippen molar-refractivity contribution in [3.63, 3.8) is 0 Å². The van der Waals surface area contributed by atoms with Gasteiger partial charge in [0.15, 0.2) is 0 Å². The number of hydrogen-bond acceptors (Lipinski definition) is 2. The number of rotatable bonds is 2. The minimum Gasteiger partial charge on any atom is -0.480 e.